The molecule has 2 N–H and O–H groups in total. The van der Waals surface area contributed by atoms with Gasteiger partial charge in [0.2, 0.25) is 0 Å². The summed E-state index contributed by atoms with van der Waals surface area (Å²) >= 11 is 0. The normalized spacial score (nSPS) is 15.2. The van der Waals surface area contributed by atoms with Crippen molar-refractivity contribution in [3.63, 3.8) is 0 Å². The molecule has 0 amide bonds. The Labute approximate surface area is 97.6 Å². The Bertz CT molecular complexity index is 201. The fourth-order valence-electron chi connectivity index (χ4n) is 1.49. The lowest BCUT2D eigenvalue weighted by Crippen LogP contribution is -2.29. The molecule has 0 aromatic heterocycles. The summed E-state index contributed by atoms with van der Waals surface area (Å²) in [4.78, 5) is 11.7. The van der Waals surface area contributed by atoms with E-state index in [2.05, 4.69) is 13.8 Å². The molecule has 0 aromatic carbocycles. The van der Waals surface area contributed by atoms with Crippen molar-refractivity contribution in [3.05, 3.63) is 0 Å². The summed E-state index contributed by atoms with van der Waals surface area (Å²) in [7, 11) is 0. The van der Waals surface area contributed by atoms with Crippen molar-refractivity contribution in [1.82, 2.24) is 0 Å². The van der Waals surface area contributed by atoms with Crippen LogP contribution in [0, 0.1) is 17.8 Å². The number of hydrogen-bond donors (Lipinski definition) is 2. The molecular formula is C12H24O4. The summed E-state index contributed by atoms with van der Waals surface area (Å²) in [5.41, 5.74) is 0. The Morgan fingerprint density at radius 3 is 2.19 bits per heavy atom. The Balaban J connectivity index is 4.17. The molecule has 0 radical (unpaired) electrons. The zero-order valence-corrected chi connectivity index (χ0v) is 10.6. The average Bonchev–Trinajstić information content (AvgIpc) is 2.21. The van der Waals surface area contributed by atoms with E-state index in [0.29, 0.717) is 5.92 Å². The maximum Gasteiger partial charge on any atom is 0.309 e. The SMILES string of the molecule is CC(C)CC(C(=O)OCC(O)CO)C(C)C. The van der Waals surface area contributed by atoms with Crippen LogP contribution in [-0.4, -0.2) is 35.5 Å². The number of ether oxygens (including phenoxy) is 1. The molecule has 2 atom stereocenters. The van der Waals surface area contributed by atoms with E-state index in [0.717, 1.165) is 6.42 Å². The molecule has 96 valence electrons. The van der Waals surface area contributed by atoms with E-state index < -0.39 is 6.10 Å². The minimum Gasteiger partial charge on any atom is -0.463 e. The van der Waals surface area contributed by atoms with Crippen LogP contribution in [0.15, 0.2) is 0 Å². The lowest BCUT2D eigenvalue weighted by atomic mass is 9.88. The molecule has 0 saturated carbocycles. The van der Waals surface area contributed by atoms with Gasteiger partial charge in [-0.2, -0.15) is 0 Å². The molecule has 0 heterocycles. The molecule has 16 heavy (non-hydrogen) atoms. The molecule has 0 spiro atoms. The molecule has 0 fully saturated rings. The van der Waals surface area contributed by atoms with Crippen LogP contribution in [0.4, 0.5) is 0 Å². The van der Waals surface area contributed by atoms with Crippen molar-refractivity contribution < 1.29 is 19.7 Å². The molecule has 0 saturated heterocycles. The second-order valence-corrected chi connectivity index (χ2v) is 4.95. The van der Waals surface area contributed by atoms with Crippen LogP contribution >= 0.6 is 0 Å². The van der Waals surface area contributed by atoms with Crippen molar-refractivity contribution >= 4 is 5.97 Å². The van der Waals surface area contributed by atoms with Crippen molar-refractivity contribution in [2.75, 3.05) is 13.2 Å². The highest BCUT2D eigenvalue weighted by Crippen LogP contribution is 2.21. The molecule has 0 aliphatic carbocycles. The van der Waals surface area contributed by atoms with Gasteiger partial charge in [-0.1, -0.05) is 27.7 Å². The van der Waals surface area contributed by atoms with Gasteiger partial charge in [0.1, 0.15) is 12.7 Å². The summed E-state index contributed by atoms with van der Waals surface area (Å²) in [5, 5.41) is 17.7. The monoisotopic (exact) mass is 232 g/mol. The van der Waals surface area contributed by atoms with Gasteiger partial charge in [-0.3, -0.25) is 4.79 Å². The van der Waals surface area contributed by atoms with E-state index >= 15 is 0 Å². The fourth-order valence-corrected chi connectivity index (χ4v) is 1.49. The number of carbonyl (C=O) groups excluding carboxylic acids is 1. The average molecular weight is 232 g/mol. The van der Waals surface area contributed by atoms with Gasteiger partial charge in [-0.15, -0.1) is 0 Å². The third kappa shape index (κ3) is 6.08. The molecule has 4 heteroatoms. The van der Waals surface area contributed by atoms with Crippen LogP contribution < -0.4 is 0 Å². The van der Waals surface area contributed by atoms with Crippen LogP contribution in [-0.2, 0) is 9.53 Å². The fraction of sp³-hybridized carbons (Fsp3) is 0.917. The van der Waals surface area contributed by atoms with Crippen LogP contribution in [0.3, 0.4) is 0 Å². The van der Waals surface area contributed by atoms with E-state index in [1.165, 1.54) is 0 Å². The maximum atomic E-state index is 11.7. The van der Waals surface area contributed by atoms with E-state index in [4.69, 9.17) is 14.9 Å². The maximum absolute atomic E-state index is 11.7. The van der Waals surface area contributed by atoms with Crippen molar-refractivity contribution in [3.8, 4) is 0 Å². The van der Waals surface area contributed by atoms with Gasteiger partial charge >= 0.3 is 5.97 Å². The summed E-state index contributed by atoms with van der Waals surface area (Å²) in [6.45, 7) is 7.57. The van der Waals surface area contributed by atoms with Crippen LogP contribution in [0.25, 0.3) is 0 Å². The summed E-state index contributed by atoms with van der Waals surface area (Å²) in [6.07, 6.45) is -0.193. The lowest BCUT2D eigenvalue weighted by molar-refractivity contribution is -0.154. The highest BCUT2D eigenvalue weighted by Gasteiger charge is 2.25. The second kappa shape index (κ2) is 7.63. The van der Waals surface area contributed by atoms with Gasteiger partial charge in [0.05, 0.1) is 12.5 Å². The van der Waals surface area contributed by atoms with Crippen LogP contribution in [0.5, 0.6) is 0 Å². The molecule has 0 aliphatic rings. The number of aliphatic hydroxyl groups excluding tert-OH is 2. The first-order chi connectivity index (χ1) is 7.38. The predicted octanol–water partition coefficient (Wildman–Crippen LogP) is 1.20. The largest absolute Gasteiger partial charge is 0.463 e. The van der Waals surface area contributed by atoms with Crippen molar-refractivity contribution in [2.24, 2.45) is 17.8 Å². The molecule has 0 rings (SSSR count). The number of carbonyl (C=O) groups is 1. The predicted molar refractivity (Wildman–Crippen MR) is 61.8 cm³/mol. The Morgan fingerprint density at radius 1 is 1.25 bits per heavy atom. The van der Waals surface area contributed by atoms with Gasteiger partial charge in [-0.25, -0.2) is 0 Å². The van der Waals surface area contributed by atoms with E-state index in [9.17, 15) is 4.79 Å². The Hall–Kier alpha value is -0.610. The summed E-state index contributed by atoms with van der Waals surface area (Å²) in [6, 6.07) is 0. The minimum atomic E-state index is -0.976. The molecule has 4 nitrogen and oxygen atoms in total. The molecule has 2 unspecified atom stereocenters. The highest BCUT2D eigenvalue weighted by molar-refractivity contribution is 5.72. The quantitative estimate of drug-likeness (QED) is 0.647. The number of hydrogen-bond acceptors (Lipinski definition) is 4. The zero-order valence-electron chi connectivity index (χ0n) is 10.6. The topological polar surface area (TPSA) is 66.8 Å². The third-order valence-electron chi connectivity index (χ3n) is 2.46. The number of rotatable bonds is 7. The lowest BCUT2D eigenvalue weighted by Gasteiger charge is -2.21. The van der Waals surface area contributed by atoms with Crippen molar-refractivity contribution in [1.29, 1.82) is 0 Å². The van der Waals surface area contributed by atoms with Gasteiger partial charge in [0.25, 0.3) is 0 Å². The Kier molecular flexibility index (Phi) is 7.34. The molecule has 0 aromatic rings. The van der Waals surface area contributed by atoms with Crippen LogP contribution in [0.1, 0.15) is 34.1 Å². The van der Waals surface area contributed by atoms with Gasteiger partial charge < -0.3 is 14.9 Å². The minimum absolute atomic E-state index is 0.128. The second-order valence-electron chi connectivity index (χ2n) is 4.95. The zero-order chi connectivity index (χ0) is 12.7. The molecule has 0 bridgehead atoms. The van der Waals surface area contributed by atoms with E-state index in [1.54, 1.807) is 0 Å². The molecule has 0 aliphatic heterocycles. The van der Waals surface area contributed by atoms with Gasteiger partial charge in [0.15, 0.2) is 0 Å². The van der Waals surface area contributed by atoms with Gasteiger partial charge in [-0.05, 0) is 18.3 Å². The van der Waals surface area contributed by atoms with E-state index in [-0.39, 0.29) is 31.0 Å². The standard InChI is InChI=1S/C12H24O4/c1-8(2)5-11(9(3)4)12(15)16-7-10(14)6-13/h8-11,13-14H,5-7H2,1-4H3. The number of esters is 1. The van der Waals surface area contributed by atoms with Gasteiger partial charge in [0, 0.05) is 0 Å². The first-order valence-electron chi connectivity index (χ1n) is 5.84. The Morgan fingerprint density at radius 2 is 1.81 bits per heavy atom. The summed E-state index contributed by atoms with van der Waals surface area (Å²) in [5.74, 6) is 0.242. The first kappa shape index (κ1) is 15.4. The molecular weight excluding hydrogens is 208 g/mol. The number of aliphatic hydroxyl groups is 2. The highest BCUT2D eigenvalue weighted by atomic mass is 16.5. The van der Waals surface area contributed by atoms with Crippen molar-refractivity contribution in [2.45, 2.75) is 40.2 Å². The smallest absolute Gasteiger partial charge is 0.309 e. The first-order valence-corrected chi connectivity index (χ1v) is 5.84. The third-order valence-corrected chi connectivity index (χ3v) is 2.46. The van der Waals surface area contributed by atoms with E-state index in [1.807, 2.05) is 13.8 Å². The van der Waals surface area contributed by atoms with Crippen LogP contribution in [0.2, 0.25) is 0 Å². The summed E-state index contributed by atoms with van der Waals surface area (Å²) < 4.78 is 4.97.